The highest BCUT2D eigenvalue weighted by Gasteiger charge is 2.43. The summed E-state index contributed by atoms with van der Waals surface area (Å²) < 4.78 is 13.3. The highest BCUT2D eigenvalue weighted by molar-refractivity contribution is 5.25. The molecule has 1 aliphatic carbocycles. The molecule has 0 radical (unpaired) electrons. The maximum absolute atomic E-state index is 13.3. The number of halogens is 1. The van der Waals surface area contributed by atoms with Crippen LogP contribution in [0.3, 0.4) is 0 Å². The van der Waals surface area contributed by atoms with Gasteiger partial charge in [-0.25, -0.2) is 4.39 Å². The Labute approximate surface area is 156 Å². The number of aliphatic hydroxyl groups is 1. The molecular formula is C23H30FNO. The van der Waals surface area contributed by atoms with Crippen LogP contribution in [-0.2, 0) is 6.42 Å². The van der Waals surface area contributed by atoms with Gasteiger partial charge >= 0.3 is 0 Å². The highest BCUT2D eigenvalue weighted by Crippen LogP contribution is 2.45. The van der Waals surface area contributed by atoms with Crippen LogP contribution < -0.4 is 0 Å². The van der Waals surface area contributed by atoms with Crippen LogP contribution in [0.1, 0.15) is 42.7 Å². The molecular weight excluding hydrogens is 325 g/mol. The van der Waals surface area contributed by atoms with E-state index in [0.717, 1.165) is 37.7 Å². The Hall–Kier alpha value is -1.71. The fourth-order valence-corrected chi connectivity index (χ4v) is 4.57. The van der Waals surface area contributed by atoms with Crippen LogP contribution in [-0.4, -0.2) is 36.2 Å². The Kier molecular flexibility index (Phi) is 6.10. The van der Waals surface area contributed by atoms with Gasteiger partial charge in [-0.3, -0.25) is 0 Å². The van der Waals surface area contributed by atoms with Crippen LogP contribution in [0.4, 0.5) is 4.39 Å². The van der Waals surface area contributed by atoms with Gasteiger partial charge in [-0.05, 0) is 75.4 Å². The summed E-state index contributed by atoms with van der Waals surface area (Å²) in [6.07, 6.45) is 5.04. The van der Waals surface area contributed by atoms with Gasteiger partial charge < -0.3 is 10.0 Å². The molecule has 26 heavy (non-hydrogen) atoms. The van der Waals surface area contributed by atoms with Crippen LogP contribution in [0.25, 0.3) is 0 Å². The van der Waals surface area contributed by atoms with Crippen molar-refractivity contribution in [1.82, 2.24) is 4.90 Å². The first-order chi connectivity index (χ1) is 12.5. The van der Waals surface area contributed by atoms with Gasteiger partial charge in [0.1, 0.15) is 5.82 Å². The van der Waals surface area contributed by atoms with Crippen LogP contribution in [0.15, 0.2) is 54.6 Å². The van der Waals surface area contributed by atoms with Gasteiger partial charge in [0.2, 0.25) is 0 Å². The number of benzene rings is 2. The Bertz CT molecular complexity index is 685. The van der Waals surface area contributed by atoms with Crippen molar-refractivity contribution in [2.45, 2.75) is 43.6 Å². The predicted molar refractivity (Wildman–Crippen MR) is 105 cm³/mol. The van der Waals surface area contributed by atoms with Crippen molar-refractivity contribution in [3.05, 3.63) is 71.5 Å². The molecule has 2 aromatic carbocycles. The minimum Gasteiger partial charge on any atom is -0.388 e. The molecule has 1 aliphatic rings. The quantitative estimate of drug-likeness (QED) is 0.816. The molecule has 0 aromatic heterocycles. The van der Waals surface area contributed by atoms with Gasteiger partial charge in [0, 0.05) is 12.5 Å². The lowest BCUT2D eigenvalue weighted by molar-refractivity contribution is -0.0534. The van der Waals surface area contributed by atoms with Gasteiger partial charge in [-0.15, -0.1) is 0 Å². The number of hydrogen-bond donors (Lipinski definition) is 1. The molecule has 0 aliphatic heterocycles. The maximum Gasteiger partial charge on any atom is 0.123 e. The highest BCUT2D eigenvalue weighted by atomic mass is 19.1. The van der Waals surface area contributed by atoms with Crippen LogP contribution >= 0.6 is 0 Å². The average molecular weight is 355 g/mol. The largest absolute Gasteiger partial charge is 0.388 e. The molecule has 0 bridgehead atoms. The van der Waals surface area contributed by atoms with Gasteiger partial charge in [0.25, 0.3) is 0 Å². The second-order valence-electron chi connectivity index (χ2n) is 8.12. The van der Waals surface area contributed by atoms with E-state index < -0.39 is 5.60 Å². The molecule has 3 rings (SSSR count). The van der Waals surface area contributed by atoms with Gasteiger partial charge in [0.15, 0.2) is 0 Å². The van der Waals surface area contributed by atoms with Crippen molar-refractivity contribution in [3.63, 3.8) is 0 Å². The van der Waals surface area contributed by atoms with Gasteiger partial charge in [-0.2, -0.15) is 0 Å². The normalized spacial score (nSPS) is 26.2. The SMILES string of the molecule is CN(C)CC1(O)CC(CCc2ccccc2)CCC1c1ccc(F)cc1. The van der Waals surface area contributed by atoms with E-state index in [0.29, 0.717) is 12.5 Å². The topological polar surface area (TPSA) is 23.5 Å². The molecule has 1 fully saturated rings. The molecule has 1 N–H and O–H groups in total. The third-order valence-electron chi connectivity index (χ3n) is 5.70. The lowest BCUT2D eigenvalue weighted by Crippen LogP contribution is -2.49. The van der Waals surface area contributed by atoms with Crippen LogP contribution in [0.5, 0.6) is 0 Å². The van der Waals surface area contributed by atoms with Gasteiger partial charge in [-0.1, -0.05) is 42.5 Å². The summed E-state index contributed by atoms with van der Waals surface area (Å²) >= 11 is 0. The molecule has 3 heteroatoms. The summed E-state index contributed by atoms with van der Waals surface area (Å²) in [5.74, 6) is 0.372. The monoisotopic (exact) mass is 355 g/mol. The third kappa shape index (κ3) is 4.72. The Morgan fingerprint density at radius 2 is 1.73 bits per heavy atom. The maximum atomic E-state index is 13.3. The van der Waals surface area contributed by atoms with E-state index in [1.54, 1.807) is 0 Å². The number of hydrogen-bond acceptors (Lipinski definition) is 2. The molecule has 0 heterocycles. The first-order valence-corrected chi connectivity index (χ1v) is 9.63. The Morgan fingerprint density at radius 1 is 1.04 bits per heavy atom. The molecule has 0 spiro atoms. The molecule has 3 atom stereocenters. The van der Waals surface area contributed by atoms with Crippen molar-refractivity contribution in [2.75, 3.05) is 20.6 Å². The van der Waals surface area contributed by atoms with E-state index in [9.17, 15) is 9.50 Å². The first kappa shape index (κ1) is 19.1. The van der Waals surface area contributed by atoms with Crippen molar-refractivity contribution in [1.29, 1.82) is 0 Å². The summed E-state index contributed by atoms with van der Waals surface area (Å²) in [5, 5.41) is 11.6. The zero-order chi connectivity index (χ0) is 18.6. The lowest BCUT2D eigenvalue weighted by atomic mass is 9.67. The minimum atomic E-state index is -0.763. The number of rotatable bonds is 6. The number of aryl methyl sites for hydroxylation is 1. The fraction of sp³-hybridized carbons (Fsp3) is 0.478. The fourth-order valence-electron chi connectivity index (χ4n) is 4.57. The molecule has 0 saturated heterocycles. The molecule has 2 nitrogen and oxygen atoms in total. The van der Waals surface area contributed by atoms with Crippen molar-refractivity contribution in [2.24, 2.45) is 5.92 Å². The first-order valence-electron chi connectivity index (χ1n) is 9.63. The van der Waals surface area contributed by atoms with E-state index in [4.69, 9.17) is 0 Å². The van der Waals surface area contributed by atoms with Crippen LogP contribution in [0.2, 0.25) is 0 Å². The van der Waals surface area contributed by atoms with Gasteiger partial charge in [0.05, 0.1) is 5.60 Å². The summed E-state index contributed by atoms with van der Waals surface area (Å²) in [6.45, 7) is 0.636. The average Bonchev–Trinajstić information content (AvgIpc) is 2.61. The second kappa shape index (κ2) is 8.32. The van der Waals surface area contributed by atoms with E-state index in [-0.39, 0.29) is 11.7 Å². The molecule has 140 valence electrons. The molecule has 1 saturated carbocycles. The predicted octanol–water partition coefficient (Wildman–Crippen LogP) is 4.63. The summed E-state index contributed by atoms with van der Waals surface area (Å²) in [5.41, 5.74) is 1.66. The van der Waals surface area contributed by atoms with E-state index in [1.165, 1.54) is 17.7 Å². The minimum absolute atomic E-state index is 0.0680. The molecule has 0 amide bonds. The summed E-state index contributed by atoms with van der Waals surface area (Å²) in [4.78, 5) is 2.07. The zero-order valence-electron chi connectivity index (χ0n) is 15.9. The standard InChI is InChI=1S/C23H30FNO/c1-25(2)17-23(26)16-19(9-8-18-6-4-3-5-7-18)10-15-22(23)20-11-13-21(24)14-12-20/h3-7,11-14,19,22,26H,8-10,15-17H2,1-2H3. The summed E-state index contributed by atoms with van der Waals surface area (Å²) in [6, 6.07) is 17.3. The zero-order valence-corrected chi connectivity index (χ0v) is 15.9. The Balaban J connectivity index is 1.72. The third-order valence-corrected chi connectivity index (χ3v) is 5.70. The summed E-state index contributed by atoms with van der Waals surface area (Å²) in [7, 11) is 4.01. The van der Waals surface area contributed by atoms with Crippen molar-refractivity contribution < 1.29 is 9.50 Å². The Morgan fingerprint density at radius 3 is 2.38 bits per heavy atom. The van der Waals surface area contributed by atoms with Crippen molar-refractivity contribution in [3.8, 4) is 0 Å². The lowest BCUT2D eigenvalue weighted by Gasteiger charge is -2.45. The van der Waals surface area contributed by atoms with E-state index in [2.05, 4.69) is 29.2 Å². The van der Waals surface area contributed by atoms with E-state index in [1.807, 2.05) is 32.3 Å². The number of likely N-dealkylation sites (N-methyl/N-ethyl adjacent to an activating group) is 1. The number of nitrogens with zero attached hydrogens (tertiary/aromatic N) is 1. The smallest absolute Gasteiger partial charge is 0.123 e. The van der Waals surface area contributed by atoms with E-state index >= 15 is 0 Å². The molecule has 2 aromatic rings. The van der Waals surface area contributed by atoms with Crippen LogP contribution in [0, 0.1) is 11.7 Å². The molecule has 3 unspecified atom stereocenters. The van der Waals surface area contributed by atoms with Crippen molar-refractivity contribution >= 4 is 0 Å². The second-order valence-corrected chi connectivity index (χ2v) is 8.12.